The van der Waals surface area contributed by atoms with E-state index in [0.717, 1.165) is 12.1 Å². The number of ether oxygens (including phenoxy) is 2. The molecule has 0 fully saturated rings. The highest BCUT2D eigenvalue weighted by molar-refractivity contribution is 5.87. The van der Waals surface area contributed by atoms with Crippen molar-refractivity contribution in [1.82, 2.24) is 4.98 Å². The number of rotatable bonds is 6. The van der Waals surface area contributed by atoms with E-state index < -0.39 is 17.7 Å². The van der Waals surface area contributed by atoms with Crippen LogP contribution in [0.2, 0.25) is 0 Å². The minimum Gasteiger partial charge on any atom is -0.491 e. The predicted octanol–water partition coefficient (Wildman–Crippen LogP) is 5.45. The van der Waals surface area contributed by atoms with Gasteiger partial charge < -0.3 is 14.5 Å². The maximum absolute atomic E-state index is 13.2. The van der Waals surface area contributed by atoms with Crippen LogP contribution in [0, 0.1) is 0 Å². The predicted molar refractivity (Wildman–Crippen MR) is 97.3 cm³/mol. The summed E-state index contributed by atoms with van der Waals surface area (Å²) in [6.07, 6.45) is -0.571. The molecule has 1 aromatic carbocycles. The molecular weight excluding hydrogens is 359 g/mol. The Morgan fingerprint density at radius 2 is 1.78 bits per heavy atom. The Morgan fingerprint density at radius 3 is 2.37 bits per heavy atom. The summed E-state index contributed by atoms with van der Waals surface area (Å²) in [5, 5.41) is 0. The second-order valence-corrected chi connectivity index (χ2v) is 6.58. The molecule has 1 heterocycles. The van der Waals surface area contributed by atoms with E-state index in [4.69, 9.17) is 9.47 Å². The normalized spacial score (nSPS) is 12.2. The Morgan fingerprint density at radius 1 is 1.07 bits per heavy atom. The number of H-pyrrole nitrogens is 1. The molecule has 0 aliphatic carbocycles. The lowest BCUT2D eigenvalue weighted by Crippen LogP contribution is -2.09. The average molecular weight is 381 g/mol. The van der Waals surface area contributed by atoms with Gasteiger partial charge in [0.05, 0.1) is 17.8 Å². The van der Waals surface area contributed by atoms with E-state index in [0.29, 0.717) is 16.8 Å². The van der Waals surface area contributed by atoms with Crippen LogP contribution in [-0.4, -0.2) is 23.2 Å². The summed E-state index contributed by atoms with van der Waals surface area (Å²) in [5.74, 6) is -0.346. The number of aromatic amines is 1. The third-order valence-electron chi connectivity index (χ3n) is 3.39. The van der Waals surface area contributed by atoms with Crippen molar-refractivity contribution in [1.29, 1.82) is 0 Å². The Labute approximate surface area is 156 Å². The number of esters is 1. The van der Waals surface area contributed by atoms with Gasteiger partial charge in [0.15, 0.2) is 0 Å². The van der Waals surface area contributed by atoms with E-state index in [-0.39, 0.29) is 18.0 Å². The highest BCUT2D eigenvalue weighted by Crippen LogP contribution is 2.35. The van der Waals surface area contributed by atoms with Crippen molar-refractivity contribution in [3.8, 4) is 17.0 Å². The van der Waals surface area contributed by atoms with Crippen LogP contribution in [0.3, 0.4) is 0 Å². The fourth-order valence-electron chi connectivity index (χ4n) is 2.37. The number of carbonyl (C=O) groups is 1. The van der Waals surface area contributed by atoms with E-state index >= 15 is 0 Å². The van der Waals surface area contributed by atoms with E-state index in [1.165, 1.54) is 12.2 Å². The third kappa shape index (κ3) is 6.20. The van der Waals surface area contributed by atoms with Crippen molar-refractivity contribution in [3.63, 3.8) is 0 Å². The maximum atomic E-state index is 13.2. The standard InChI is InChI=1S/C20H22F3NO3/c1-12(2)26-17-9-15(8-16(10-17)20(21,22)23)18-7-14(11-24-18)5-6-19(25)27-13(3)4/h5-13,24H,1-4H3. The molecule has 27 heavy (non-hydrogen) atoms. The summed E-state index contributed by atoms with van der Waals surface area (Å²) >= 11 is 0. The zero-order valence-electron chi connectivity index (χ0n) is 15.6. The number of alkyl halides is 3. The van der Waals surface area contributed by atoms with Crippen LogP contribution in [-0.2, 0) is 15.7 Å². The van der Waals surface area contributed by atoms with Gasteiger partial charge in [0.1, 0.15) is 5.75 Å². The Balaban J connectivity index is 2.31. The Kier molecular flexibility index (Phi) is 6.36. The summed E-state index contributed by atoms with van der Waals surface area (Å²) < 4.78 is 50.0. The van der Waals surface area contributed by atoms with Crippen LogP contribution in [0.15, 0.2) is 36.5 Å². The second-order valence-electron chi connectivity index (χ2n) is 6.58. The van der Waals surface area contributed by atoms with E-state index in [1.54, 1.807) is 46.0 Å². The van der Waals surface area contributed by atoms with Crippen LogP contribution in [0.4, 0.5) is 13.2 Å². The van der Waals surface area contributed by atoms with Crippen LogP contribution >= 0.6 is 0 Å². The minimum atomic E-state index is -4.49. The van der Waals surface area contributed by atoms with Crippen molar-refractivity contribution < 1.29 is 27.4 Å². The molecular formula is C20H22F3NO3. The SMILES string of the molecule is CC(C)OC(=O)C=Cc1c[nH]c(-c2cc(OC(C)C)cc(C(F)(F)F)c2)c1. The van der Waals surface area contributed by atoms with Gasteiger partial charge in [-0.2, -0.15) is 13.2 Å². The molecule has 0 bridgehead atoms. The quantitative estimate of drug-likeness (QED) is 0.535. The van der Waals surface area contributed by atoms with E-state index in [1.807, 2.05) is 0 Å². The second kappa shape index (κ2) is 8.33. The topological polar surface area (TPSA) is 51.3 Å². The third-order valence-corrected chi connectivity index (χ3v) is 3.39. The number of aromatic nitrogens is 1. The first-order chi connectivity index (χ1) is 12.5. The molecule has 2 aromatic rings. The molecule has 1 N–H and O–H groups in total. The molecule has 0 unspecified atom stereocenters. The summed E-state index contributed by atoms with van der Waals surface area (Å²) in [7, 11) is 0. The van der Waals surface area contributed by atoms with Gasteiger partial charge in [0.25, 0.3) is 0 Å². The van der Waals surface area contributed by atoms with Gasteiger partial charge in [-0.05, 0) is 63.6 Å². The number of nitrogens with one attached hydrogen (secondary N) is 1. The maximum Gasteiger partial charge on any atom is 0.416 e. The van der Waals surface area contributed by atoms with Crippen molar-refractivity contribution in [3.05, 3.63) is 47.7 Å². The lowest BCUT2D eigenvalue weighted by atomic mass is 10.1. The van der Waals surface area contributed by atoms with Gasteiger partial charge in [-0.25, -0.2) is 4.79 Å². The summed E-state index contributed by atoms with van der Waals surface area (Å²) in [6, 6.07) is 5.23. The zero-order chi connectivity index (χ0) is 20.2. The molecule has 146 valence electrons. The molecule has 1 aromatic heterocycles. The van der Waals surface area contributed by atoms with Crippen molar-refractivity contribution >= 4 is 12.0 Å². The molecule has 0 saturated heterocycles. The number of carbonyl (C=O) groups excluding carboxylic acids is 1. The van der Waals surface area contributed by atoms with Crippen LogP contribution in [0.1, 0.15) is 38.8 Å². The van der Waals surface area contributed by atoms with Crippen molar-refractivity contribution in [2.45, 2.75) is 46.1 Å². The monoisotopic (exact) mass is 381 g/mol. The average Bonchev–Trinajstić information content (AvgIpc) is 2.99. The molecule has 0 aliphatic heterocycles. The molecule has 0 aliphatic rings. The van der Waals surface area contributed by atoms with Crippen LogP contribution in [0.5, 0.6) is 5.75 Å². The zero-order valence-corrected chi connectivity index (χ0v) is 15.6. The van der Waals surface area contributed by atoms with Crippen LogP contribution in [0.25, 0.3) is 17.3 Å². The fraction of sp³-hybridized carbons (Fsp3) is 0.350. The number of hydrogen-bond donors (Lipinski definition) is 1. The van der Waals surface area contributed by atoms with Crippen molar-refractivity contribution in [2.24, 2.45) is 0 Å². The van der Waals surface area contributed by atoms with E-state index in [9.17, 15) is 18.0 Å². The first-order valence-corrected chi connectivity index (χ1v) is 8.51. The molecule has 7 heteroatoms. The van der Waals surface area contributed by atoms with Gasteiger partial charge in [-0.1, -0.05) is 0 Å². The Hall–Kier alpha value is -2.70. The minimum absolute atomic E-state index is 0.141. The molecule has 0 radical (unpaired) electrons. The highest BCUT2D eigenvalue weighted by atomic mass is 19.4. The lowest BCUT2D eigenvalue weighted by molar-refractivity contribution is -0.141. The largest absolute Gasteiger partial charge is 0.491 e. The molecule has 4 nitrogen and oxygen atoms in total. The highest BCUT2D eigenvalue weighted by Gasteiger charge is 2.31. The number of hydrogen-bond acceptors (Lipinski definition) is 3. The fourth-order valence-corrected chi connectivity index (χ4v) is 2.37. The van der Waals surface area contributed by atoms with Gasteiger partial charge in [-0.15, -0.1) is 0 Å². The summed E-state index contributed by atoms with van der Waals surface area (Å²) in [6.45, 7) is 6.97. The molecule has 0 spiro atoms. The van der Waals surface area contributed by atoms with Gasteiger partial charge in [0, 0.05) is 23.5 Å². The van der Waals surface area contributed by atoms with Gasteiger partial charge >= 0.3 is 12.1 Å². The van der Waals surface area contributed by atoms with E-state index in [2.05, 4.69) is 4.98 Å². The lowest BCUT2D eigenvalue weighted by Gasteiger charge is -2.14. The molecule has 0 amide bonds. The molecule has 0 saturated carbocycles. The summed E-state index contributed by atoms with van der Waals surface area (Å²) in [4.78, 5) is 14.5. The Bertz CT molecular complexity index is 820. The smallest absolute Gasteiger partial charge is 0.416 e. The van der Waals surface area contributed by atoms with Gasteiger partial charge in [-0.3, -0.25) is 0 Å². The summed E-state index contributed by atoms with van der Waals surface area (Å²) in [5.41, 5.74) is 0.661. The molecule has 0 atom stereocenters. The van der Waals surface area contributed by atoms with Crippen LogP contribution < -0.4 is 4.74 Å². The number of benzene rings is 1. The number of halogens is 3. The van der Waals surface area contributed by atoms with Gasteiger partial charge in [0.2, 0.25) is 0 Å². The van der Waals surface area contributed by atoms with Crippen molar-refractivity contribution in [2.75, 3.05) is 0 Å². The first-order valence-electron chi connectivity index (χ1n) is 8.51. The molecule has 2 rings (SSSR count). The first kappa shape index (κ1) is 20.6.